The lowest BCUT2D eigenvalue weighted by Gasteiger charge is -2.11. The number of anilines is 1. The summed E-state index contributed by atoms with van der Waals surface area (Å²) < 4.78 is 15.8. The molecule has 1 amide bonds. The zero-order valence-electron chi connectivity index (χ0n) is 14.7. The van der Waals surface area contributed by atoms with Gasteiger partial charge < -0.3 is 19.3 Å². The van der Waals surface area contributed by atoms with Gasteiger partial charge >= 0.3 is 0 Å². The van der Waals surface area contributed by atoms with E-state index in [0.29, 0.717) is 28.5 Å². The van der Waals surface area contributed by atoms with E-state index < -0.39 is 0 Å². The molecule has 0 fully saturated rings. The Kier molecular flexibility index (Phi) is 4.61. The summed E-state index contributed by atoms with van der Waals surface area (Å²) in [7, 11) is 3.12. The summed E-state index contributed by atoms with van der Waals surface area (Å²) in [6, 6.07) is 9.19. The first-order valence-electron chi connectivity index (χ1n) is 7.89. The maximum absolute atomic E-state index is 12.4. The van der Waals surface area contributed by atoms with Crippen LogP contribution in [0.5, 0.6) is 11.5 Å². The van der Waals surface area contributed by atoms with E-state index in [1.807, 2.05) is 26.0 Å². The molecule has 130 valence electrons. The van der Waals surface area contributed by atoms with Gasteiger partial charge in [0.25, 0.3) is 0 Å². The van der Waals surface area contributed by atoms with Gasteiger partial charge in [0, 0.05) is 11.5 Å². The average Bonchev–Trinajstić information content (AvgIpc) is 2.97. The third-order valence-electron chi connectivity index (χ3n) is 4.00. The van der Waals surface area contributed by atoms with Crippen LogP contribution in [0.2, 0.25) is 0 Å². The molecule has 1 N–H and O–H groups in total. The van der Waals surface area contributed by atoms with Gasteiger partial charge in [0.05, 0.1) is 26.3 Å². The van der Waals surface area contributed by atoms with Crippen LogP contribution in [0.15, 0.2) is 34.9 Å². The summed E-state index contributed by atoms with van der Waals surface area (Å²) in [5, 5.41) is 7.80. The van der Waals surface area contributed by atoms with E-state index in [-0.39, 0.29) is 12.3 Å². The zero-order chi connectivity index (χ0) is 18.0. The van der Waals surface area contributed by atoms with Gasteiger partial charge in [0.1, 0.15) is 17.2 Å². The van der Waals surface area contributed by atoms with Gasteiger partial charge in [-0.15, -0.1) is 0 Å². The summed E-state index contributed by atoms with van der Waals surface area (Å²) >= 11 is 0. The van der Waals surface area contributed by atoms with E-state index in [9.17, 15) is 4.79 Å². The van der Waals surface area contributed by atoms with Crippen LogP contribution in [0.1, 0.15) is 16.8 Å². The molecule has 0 aliphatic carbocycles. The minimum absolute atomic E-state index is 0.117. The number of aromatic nitrogens is 1. The van der Waals surface area contributed by atoms with Gasteiger partial charge in [-0.05, 0) is 43.2 Å². The number of rotatable bonds is 5. The maximum atomic E-state index is 12.4. The Bertz CT molecular complexity index is 931. The van der Waals surface area contributed by atoms with E-state index in [1.165, 1.54) is 0 Å². The number of fused-ring (bicyclic) bond motifs is 1. The van der Waals surface area contributed by atoms with Gasteiger partial charge in [0.2, 0.25) is 5.91 Å². The van der Waals surface area contributed by atoms with E-state index in [1.54, 1.807) is 32.4 Å². The number of carbonyl (C=O) groups is 1. The van der Waals surface area contributed by atoms with Crippen molar-refractivity contribution in [1.29, 1.82) is 0 Å². The van der Waals surface area contributed by atoms with Gasteiger partial charge in [-0.2, -0.15) is 0 Å². The molecule has 1 heterocycles. The molecular formula is C19H20N2O4. The molecule has 0 saturated carbocycles. The van der Waals surface area contributed by atoms with Crippen molar-refractivity contribution in [1.82, 2.24) is 5.16 Å². The highest BCUT2D eigenvalue weighted by molar-refractivity contribution is 5.96. The van der Waals surface area contributed by atoms with Crippen LogP contribution in [0, 0.1) is 13.8 Å². The normalized spacial score (nSPS) is 10.7. The van der Waals surface area contributed by atoms with Crippen molar-refractivity contribution in [2.45, 2.75) is 20.3 Å². The lowest BCUT2D eigenvalue weighted by molar-refractivity contribution is -0.115. The summed E-state index contributed by atoms with van der Waals surface area (Å²) in [4.78, 5) is 12.4. The Morgan fingerprint density at radius 2 is 1.96 bits per heavy atom. The lowest BCUT2D eigenvalue weighted by atomic mass is 10.0. The van der Waals surface area contributed by atoms with Crippen LogP contribution in [0.25, 0.3) is 11.0 Å². The number of benzene rings is 2. The van der Waals surface area contributed by atoms with E-state index in [4.69, 9.17) is 14.0 Å². The minimum Gasteiger partial charge on any atom is -0.497 e. The molecule has 0 bridgehead atoms. The Morgan fingerprint density at radius 3 is 2.68 bits per heavy atom. The molecule has 0 aliphatic heterocycles. The number of nitrogens with zero attached hydrogens (tertiary/aromatic N) is 1. The van der Waals surface area contributed by atoms with Crippen LogP contribution in [0.3, 0.4) is 0 Å². The van der Waals surface area contributed by atoms with E-state index in [0.717, 1.165) is 16.5 Å². The fourth-order valence-electron chi connectivity index (χ4n) is 2.89. The van der Waals surface area contributed by atoms with Crippen molar-refractivity contribution in [2.75, 3.05) is 19.5 Å². The molecule has 3 aromatic rings. The molecule has 0 aliphatic rings. The van der Waals surface area contributed by atoms with Gasteiger partial charge in [-0.3, -0.25) is 4.79 Å². The zero-order valence-corrected chi connectivity index (χ0v) is 14.7. The van der Waals surface area contributed by atoms with Gasteiger partial charge in [0.15, 0.2) is 5.58 Å². The van der Waals surface area contributed by atoms with Crippen molar-refractivity contribution >= 4 is 22.6 Å². The largest absolute Gasteiger partial charge is 0.497 e. The number of carbonyl (C=O) groups excluding carboxylic acids is 1. The van der Waals surface area contributed by atoms with Gasteiger partial charge in [-0.25, -0.2) is 0 Å². The number of nitrogens with one attached hydrogen (secondary N) is 1. The standard InChI is InChI=1S/C19H20N2O4/c1-11-7-12(2)19-15(21-25-17(19)8-11)10-18(22)20-14-6-5-13(23-3)9-16(14)24-4/h5-9H,10H2,1-4H3,(H,20,22). The quantitative estimate of drug-likeness (QED) is 0.767. The fourth-order valence-corrected chi connectivity index (χ4v) is 2.89. The molecule has 2 aromatic carbocycles. The first-order chi connectivity index (χ1) is 12.0. The van der Waals surface area contributed by atoms with Crippen molar-refractivity contribution in [3.05, 3.63) is 47.2 Å². The molecule has 0 atom stereocenters. The highest BCUT2D eigenvalue weighted by atomic mass is 16.5. The van der Waals surface area contributed by atoms with Gasteiger partial charge in [-0.1, -0.05) is 11.2 Å². The lowest BCUT2D eigenvalue weighted by Crippen LogP contribution is -2.15. The molecule has 0 saturated heterocycles. The molecule has 25 heavy (non-hydrogen) atoms. The first kappa shape index (κ1) is 16.8. The van der Waals surface area contributed by atoms with Crippen LogP contribution in [-0.2, 0) is 11.2 Å². The number of hydrogen-bond acceptors (Lipinski definition) is 5. The molecule has 0 spiro atoms. The SMILES string of the molecule is COc1ccc(NC(=O)Cc2noc3cc(C)cc(C)c23)c(OC)c1. The van der Waals surface area contributed by atoms with E-state index in [2.05, 4.69) is 10.5 Å². The van der Waals surface area contributed by atoms with Crippen LogP contribution < -0.4 is 14.8 Å². The number of hydrogen-bond donors (Lipinski definition) is 1. The monoisotopic (exact) mass is 340 g/mol. The average molecular weight is 340 g/mol. The summed E-state index contributed by atoms with van der Waals surface area (Å²) in [5.41, 5.74) is 4.04. The summed E-state index contributed by atoms with van der Waals surface area (Å²) in [5.74, 6) is 0.992. The molecule has 3 rings (SSSR count). The predicted octanol–water partition coefficient (Wildman–Crippen LogP) is 3.64. The van der Waals surface area contributed by atoms with Crippen molar-refractivity contribution in [3.63, 3.8) is 0 Å². The Hall–Kier alpha value is -3.02. The van der Waals surface area contributed by atoms with Crippen LogP contribution in [0.4, 0.5) is 5.69 Å². The van der Waals surface area contributed by atoms with Crippen LogP contribution >= 0.6 is 0 Å². The molecule has 0 unspecified atom stereocenters. The van der Waals surface area contributed by atoms with Crippen LogP contribution in [-0.4, -0.2) is 25.3 Å². The summed E-state index contributed by atoms with van der Waals surface area (Å²) in [6.07, 6.45) is 0.117. The number of aryl methyl sites for hydroxylation is 2. The second kappa shape index (κ2) is 6.84. The third kappa shape index (κ3) is 3.42. The number of amides is 1. The second-order valence-electron chi connectivity index (χ2n) is 5.88. The third-order valence-corrected chi connectivity index (χ3v) is 4.00. The van der Waals surface area contributed by atoms with E-state index >= 15 is 0 Å². The highest BCUT2D eigenvalue weighted by Crippen LogP contribution is 2.29. The minimum atomic E-state index is -0.196. The smallest absolute Gasteiger partial charge is 0.230 e. The molecule has 6 heteroatoms. The molecular weight excluding hydrogens is 320 g/mol. The number of methoxy groups -OCH3 is 2. The van der Waals surface area contributed by atoms with Crippen molar-refractivity contribution in [3.8, 4) is 11.5 Å². The first-order valence-corrected chi connectivity index (χ1v) is 7.89. The Labute approximate surface area is 145 Å². The predicted molar refractivity (Wildman–Crippen MR) is 95.4 cm³/mol. The molecule has 0 radical (unpaired) electrons. The molecule has 6 nitrogen and oxygen atoms in total. The highest BCUT2D eigenvalue weighted by Gasteiger charge is 2.16. The van der Waals surface area contributed by atoms with Crippen molar-refractivity contribution in [2.24, 2.45) is 0 Å². The Balaban J connectivity index is 1.82. The fraction of sp³-hybridized carbons (Fsp3) is 0.263. The topological polar surface area (TPSA) is 73.6 Å². The maximum Gasteiger partial charge on any atom is 0.230 e. The number of ether oxygens (including phenoxy) is 2. The van der Waals surface area contributed by atoms with Crippen molar-refractivity contribution < 1.29 is 18.8 Å². The Morgan fingerprint density at radius 1 is 1.16 bits per heavy atom. The second-order valence-corrected chi connectivity index (χ2v) is 5.88. The molecule has 1 aromatic heterocycles. The summed E-state index contributed by atoms with van der Waals surface area (Å²) in [6.45, 7) is 3.98.